The number of likely N-dealkylation sites (tertiary alicyclic amines) is 1. The van der Waals surface area contributed by atoms with Crippen LogP contribution in [0.5, 0.6) is 0 Å². The molecule has 0 radical (unpaired) electrons. The van der Waals surface area contributed by atoms with Crippen LogP contribution in [0, 0.1) is 11.8 Å². The molecule has 3 aliphatic heterocycles. The van der Waals surface area contributed by atoms with Crippen LogP contribution in [0.1, 0.15) is 68.2 Å². The maximum Gasteiger partial charge on any atom is 0.228 e. The van der Waals surface area contributed by atoms with E-state index < -0.39 is 0 Å². The predicted molar refractivity (Wildman–Crippen MR) is 152 cm³/mol. The van der Waals surface area contributed by atoms with Crippen molar-refractivity contribution in [2.75, 3.05) is 44.7 Å². The molecule has 2 amide bonds. The third-order valence-corrected chi connectivity index (χ3v) is 9.32. The number of carbonyl (C=O) groups is 2. The molecule has 1 unspecified atom stereocenters. The van der Waals surface area contributed by atoms with Crippen molar-refractivity contribution in [3.05, 3.63) is 65.7 Å². The van der Waals surface area contributed by atoms with Crippen molar-refractivity contribution < 1.29 is 14.3 Å². The van der Waals surface area contributed by atoms with E-state index in [1.54, 1.807) is 0 Å². The molecule has 2 N–H and O–H groups in total. The summed E-state index contributed by atoms with van der Waals surface area (Å²) in [6.07, 6.45) is 6.19. The van der Waals surface area contributed by atoms with Gasteiger partial charge in [-0.25, -0.2) is 0 Å². The van der Waals surface area contributed by atoms with Gasteiger partial charge in [-0.1, -0.05) is 61.4 Å². The quantitative estimate of drug-likeness (QED) is 0.550. The SMILES string of the molecule is O=C(CCCN1CCOCC1)N[C@@H]1CCCCC1C(=O)N1CC[C@@H]2[C@H](c3ccccc3)Nc3ccccc3[C@@H]21. The fraction of sp³-hybridized carbons (Fsp3) is 0.562. The number of benzene rings is 2. The first-order valence-corrected chi connectivity index (χ1v) is 15.0. The molecule has 0 spiro atoms. The van der Waals surface area contributed by atoms with Gasteiger partial charge in [0.1, 0.15) is 0 Å². The van der Waals surface area contributed by atoms with Gasteiger partial charge in [-0.15, -0.1) is 0 Å². The highest BCUT2D eigenvalue weighted by Gasteiger charge is 2.48. The number of hydrogen-bond donors (Lipinski definition) is 2. The van der Waals surface area contributed by atoms with Gasteiger partial charge in [0.05, 0.1) is 31.2 Å². The van der Waals surface area contributed by atoms with E-state index in [-0.39, 0.29) is 35.9 Å². The van der Waals surface area contributed by atoms with Gasteiger partial charge in [-0.3, -0.25) is 14.5 Å². The summed E-state index contributed by atoms with van der Waals surface area (Å²) in [4.78, 5) is 31.7. The summed E-state index contributed by atoms with van der Waals surface area (Å²) in [7, 11) is 0. The molecule has 1 saturated carbocycles. The average Bonchev–Trinajstić information content (AvgIpc) is 3.43. The molecule has 39 heavy (non-hydrogen) atoms. The molecule has 7 heteroatoms. The second-order valence-corrected chi connectivity index (χ2v) is 11.7. The van der Waals surface area contributed by atoms with Crippen LogP contribution in [0.4, 0.5) is 5.69 Å². The van der Waals surface area contributed by atoms with E-state index in [0.29, 0.717) is 12.3 Å². The lowest BCUT2D eigenvalue weighted by atomic mass is 9.79. The first-order chi connectivity index (χ1) is 19.2. The molecule has 5 atom stereocenters. The monoisotopic (exact) mass is 530 g/mol. The Morgan fingerprint density at radius 1 is 0.923 bits per heavy atom. The highest BCUT2D eigenvalue weighted by molar-refractivity contribution is 5.83. The number of hydrogen-bond acceptors (Lipinski definition) is 5. The molecule has 2 saturated heterocycles. The number of amides is 2. The molecule has 3 heterocycles. The lowest BCUT2D eigenvalue weighted by Gasteiger charge is -2.42. The van der Waals surface area contributed by atoms with Crippen LogP contribution >= 0.6 is 0 Å². The number of ether oxygens (including phenoxy) is 1. The number of nitrogens with one attached hydrogen (secondary N) is 2. The van der Waals surface area contributed by atoms with Gasteiger partial charge >= 0.3 is 0 Å². The van der Waals surface area contributed by atoms with Crippen LogP contribution in [0.2, 0.25) is 0 Å². The van der Waals surface area contributed by atoms with Crippen molar-refractivity contribution in [3.63, 3.8) is 0 Å². The summed E-state index contributed by atoms with van der Waals surface area (Å²) in [6.45, 7) is 5.15. The minimum absolute atomic E-state index is 0.0620. The third-order valence-electron chi connectivity index (χ3n) is 9.32. The van der Waals surface area contributed by atoms with E-state index in [4.69, 9.17) is 4.74 Å². The van der Waals surface area contributed by atoms with Crippen LogP contribution in [0.25, 0.3) is 0 Å². The molecule has 0 bridgehead atoms. The van der Waals surface area contributed by atoms with Gasteiger partial charge < -0.3 is 20.3 Å². The Morgan fingerprint density at radius 3 is 2.54 bits per heavy atom. The van der Waals surface area contributed by atoms with E-state index in [0.717, 1.165) is 83.6 Å². The number of anilines is 1. The van der Waals surface area contributed by atoms with E-state index >= 15 is 0 Å². The number of carbonyl (C=O) groups excluding carboxylic acids is 2. The van der Waals surface area contributed by atoms with Gasteiger partial charge in [0.15, 0.2) is 0 Å². The molecule has 7 nitrogen and oxygen atoms in total. The Bertz CT molecular complexity index is 1140. The van der Waals surface area contributed by atoms with Gasteiger partial charge in [0, 0.05) is 43.7 Å². The number of para-hydroxylation sites is 1. The van der Waals surface area contributed by atoms with Crippen LogP contribution in [-0.4, -0.2) is 67.0 Å². The molecule has 4 aliphatic rings. The zero-order chi connectivity index (χ0) is 26.6. The highest BCUT2D eigenvalue weighted by Crippen LogP contribution is 2.51. The number of fused-ring (bicyclic) bond motifs is 3. The maximum atomic E-state index is 14.3. The molecular formula is C32H42N4O3. The summed E-state index contributed by atoms with van der Waals surface area (Å²) < 4.78 is 5.42. The molecule has 0 aromatic heterocycles. The Kier molecular flexibility index (Phi) is 8.16. The van der Waals surface area contributed by atoms with Crippen molar-refractivity contribution in [3.8, 4) is 0 Å². The van der Waals surface area contributed by atoms with Gasteiger partial charge in [-0.2, -0.15) is 0 Å². The van der Waals surface area contributed by atoms with E-state index in [2.05, 4.69) is 75.0 Å². The Hall–Kier alpha value is -2.90. The fourth-order valence-electron chi connectivity index (χ4n) is 7.34. The fourth-order valence-corrected chi connectivity index (χ4v) is 7.34. The minimum atomic E-state index is -0.141. The zero-order valence-electron chi connectivity index (χ0n) is 22.9. The van der Waals surface area contributed by atoms with E-state index in [1.165, 1.54) is 11.1 Å². The third kappa shape index (κ3) is 5.71. The Balaban J connectivity index is 1.15. The minimum Gasteiger partial charge on any atom is -0.379 e. The molecule has 2 aromatic carbocycles. The van der Waals surface area contributed by atoms with Crippen LogP contribution in [-0.2, 0) is 14.3 Å². The van der Waals surface area contributed by atoms with Gasteiger partial charge in [0.25, 0.3) is 0 Å². The summed E-state index contributed by atoms with van der Waals surface area (Å²) in [5.41, 5.74) is 3.62. The van der Waals surface area contributed by atoms with Gasteiger partial charge in [0.2, 0.25) is 11.8 Å². The van der Waals surface area contributed by atoms with Crippen molar-refractivity contribution in [1.29, 1.82) is 0 Å². The molecule has 1 aliphatic carbocycles. The normalized spacial score (nSPS) is 28.7. The maximum absolute atomic E-state index is 14.3. The number of nitrogens with zero attached hydrogens (tertiary/aromatic N) is 2. The van der Waals surface area contributed by atoms with Crippen molar-refractivity contribution >= 4 is 17.5 Å². The highest BCUT2D eigenvalue weighted by atomic mass is 16.5. The largest absolute Gasteiger partial charge is 0.379 e. The van der Waals surface area contributed by atoms with E-state index in [9.17, 15) is 9.59 Å². The standard InChI is InChI=1S/C32H42N4O3/c37-29(15-8-17-35-19-21-39-22-20-35)33-28-14-7-5-12-25(28)32(38)36-18-16-26-30(23-9-2-1-3-10-23)34-27-13-6-4-11-24(27)31(26)36/h1-4,6,9-11,13,25-26,28,30-31,34H,5,7-8,12,14-22H2,(H,33,37)/t25?,26-,28-,30+,31+/m1/s1. The molecule has 208 valence electrons. The van der Waals surface area contributed by atoms with Crippen molar-refractivity contribution in [2.45, 2.75) is 63.1 Å². The topological polar surface area (TPSA) is 73.9 Å². The van der Waals surface area contributed by atoms with Crippen LogP contribution < -0.4 is 10.6 Å². The summed E-state index contributed by atoms with van der Waals surface area (Å²) in [5.74, 6) is 0.494. The predicted octanol–water partition coefficient (Wildman–Crippen LogP) is 4.53. The molecule has 6 rings (SSSR count). The summed E-state index contributed by atoms with van der Waals surface area (Å²) in [6, 6.07) is 19.3. The number of rotatable bonds is 7. The lowest BCUT2D eigenvalue weighted by molar-refractivity contribution is -0.139. The smallest absolute Gasteiger partial charge is 0.228 e. The lowest BCUT2D eigenvalue weighted by Crippen LogP contribution is -2.50. The molecular weight excluding hydrogens is 488 g/mol. The molecule has 2 aromatic rings. The Morgan fingerprint density at radius 2 is 1.69 bits per heavy atom. The average molecular weight is 531 g/mol. The summed E-state index contributed by atoms with van der Waals surface area (Å²) in [5, 5.41) is 7.09. The second kappa shape index (κ2) is 12.1. The van der Waals surface area contributed by atoms with Gasteiger partial charge in [-0.05, 0) is 49.4 Å². The summed E-state index contributed by atoms with van der Waals surface area (Å²) >= 11 is 0. The van der Waals surface area contributed by atoms with Crippen molar-refractivity contribution in [1.82, 2.24) is 15.1 Å². The number of morpholine rings is 1. The van der Waals surface area contributed by atoms with E-state index in [1.807, 2.05) is 0 Å². The second-order valence-electron chi connectivity index (χ2n) is 11.7. The van der Waals surface area contributed by atoms with Crippen LogP contribution in [0.15, 0.2) is 54.6 Å². The zero-order valence-corrected chi connectivity index (χ0v) is 22.9. The van der Waals surface area contributed by atoms with Crippen molar-refractivity contribution in [2.24, 2.45) is 11.8 Å². The van der Waals surface area contributed by atoms with Crippen LogP contribution in [0.3, 0.4) is 0 Å². The Labute approximate surface area is 232 Å². The first kappa shape index (κ1) is 26.3. The molecule has 3 fully saturated rings. The first-order valence-electron chi connectivity index (χ1n) is 15.0.